The van der Waals surface area contributed by atoms with Gasteiger partial charge in [0.1, 0.15) is 0 Å². The topological polar surface area (TPSA) is 28.7 Å². The third-order valence-electron chi connectivity index (χ3n) is 2.36. The van der Waals surface area contributed by atoms with Gasteiger partial charge < -0.3 is 4.57 Å². The molecule has 68 valence electrons. The molecule has 2 nitrogen and oxygen atoms in total. The zero-order chi connectivity index (χ0) is 10.1. The molecule has 0 spiro atoms. The summed E-state index contributed by atoms with van der Waals surface area (Å²) < 4.78 is 2.01. The molecule has 0 atom stereocenters. The van der Waals surface area contributed by atoms with Crippen LogP contribution >= 0.6 is 0 Å². The molecule has 0 radical (unpaired) electrons. The minimum absolute atomic E-state index is 0.516. The number of allylic oxidation sites excluding steroid dienone is 1. The van der Waals surface area contributed by atoms with E-state index in [0.717, 1.165) is 16.5 Å². The van der Waals surface area contributed by atoms with Crippen molar-refractivity contribution < 1.29 is 0 Å². The van der Waals surface area contributed by atoms with Gasteiger partial charge in [0, 0.05) is 29.7 Å². The fourth-order valence-corrected chi connectivity index (χ4v) is 1.64. The van der Waals surface area contributed by atoms with E-state index in [1.165, 1.54) is 0 Å². The predicted octanol–water partition coefficient (Wildman–Crippen LogP) is 2.72. The maximum absolute atomic E-state index is 8.80. The summed E-state index contributed by atoms with van der Waals surface area (Å²) in [6, 6.07) is 10.1. The minimum atomic E-state index is 0.516. The zero-order valence-corrected chi connectivity index (χ0v) is 7.99. The van der Waals surface area contributed by atoms with E-state index in [0.29, 0.717) is 5.57 Å². The molecule has 1 heterocycles. The van der Waals surface area contributed by atoms with E-state index in [4.69, 9.17) is 5.26 Å². The highest BCUT2D eigenvalue weighted by Crippen LogP contribution is 2.24. The number of benzene rings is 1. The van der Waals surface area contributed by atoms with Crippen LogP contribution in [0.3, 0.4) is 0 Å². The van der Waals surface area contributed by atoms with Crippen LogP contribution in [0.4, 0.5) is 0 Å². The Labute approximate surface area is 82.7 Å². The van der Waals surface area contributed by atoms with Gasteiger partial charge in [0.25, 0.3) is 0 Å². The molecule has 0 aliphatic carbocycles. The van der Waals surface area contributed by atoms with Crippen LogP contribution in [0.15, 0.2) is 37.0 Å². The number of rotatable bonds is 1. The second-order valence-electron chi connectivity index (χ2n) is 3.26. The summed E-state index contributed by atoms with van der Waals surface area (Å²) in [6.45, 7) is 3.73. The maximum Gasteiger partial charge on any atom is 0.0992 e. The number of nitrogens with zero attached hydrogens (tertiary/aromatic N) is 2. The summed E-state index contributed by atoms with van der Waals surface area (Å²) in [5.41, 5.74) is 2.56. The van der Waals surface area contributed by atoms with Gasteiger partial charge in [0.15, 0.2) is 0 Å². The Morgan fingerprint density at radius 2 is 2.14 bits per heavy atom. The third kappa shape index (κ3) is 1.11. The smallest absolute Gasteiger partial charge is 0.0992 e. The van der Waals surface area contributed by atoms with E-state index in [1.807, 2.05) is 42.1 Å². The van der Waals surface area contributed by atoms with E-state index < -0.39 is 0 Å². The van der Waals surface area contributed by atoms with Crippen molar-refractivity contribution in [1.82, 2.24) is 4.57 Å². The first-order chi connectivity index (χ1) is 6.74. The van der Waals surface area contributed by atoms with Crippen molar-refractivity contribution >= 4 is 16.5 Å². The normalized spacial score (nSPS) is 10.0. The van der Waals surface area contributed by atoms with Crippen LogP contribution in [0.2, 0.25) is 0 Å². The molecule has 0 saturated heterocycles. The number of aromatic nitrogens is 1. The quantitative estimate of drug-likeness (QED) is 0.623. The molecule has 0 aliphatic rings. The Balaban J connectivity index is 2.80. The molecule has 2 heteroatoms. The molecule has 2 aromatic rings. The average Bonchev–Trinajstić information content (AvgIpc) is 2.56. The molecule has 1 aromatic heterocycles. The van der Waals surface area contributed by atoms with Gasteiger partial charge >= 0.3 is 0 Å². The van der Waals surface area contributed by atoms with Crippen LogP contribution in [0.25, 0.3) is 16.5 Å². The van der Waals surface area contributed by atoms with Crippen molar-refractivity contribution in [2.24, 2.45) is 7.05 Å². The van der Waals surface area contributed by atoms with Gasteiger partial charge in [-0.05, 0) is 6.07 Å². The molecule has 14 heavy (non-hydrogen) atoms. The number of para-hydroxylation sites is 1. The van der Waals surface area contributed by atoms with Gasteiger partial charge in [-0.3, -0.25) is 0 Å². The first-order valence-electron chi connectivity index (χ1n) is 4.37. The highest BCUT2D eigenvalue weighted by molar-refractivity contribution is 5.95. The summed E-state index contributed by atoms with van der Waals surface area (Å²) in [7, 11) is 1.97. The Hall–Kier alpha value is -2.01. The number of hydrogen-bond donors (Lipinski definition) is 0. The van der Waals surface area contributed by atoms with Crippen LogP contribution in [-0.2, 0) is 7.05 Å². The Kier molecular flexibility index (Phi) is 1.86. The molecule has 2 rings (SSSR count). The average molecular weight is 182 g/mol. The SMILES string of the molecule is C=C(C#N)c1cn(C)c2ccccc12. The summed E-state index contributed by atoms with van der Waals surface area (Å²) >= 11 is 0. The minimum Gasteiger partial charge on any atom is -0.350 e. The van der Waals surface area contributed by atoms with Crippen LogP contribution in [0.1, 0.15) is 5.56 Å². The van der Waals surface area contributed by atoms with Gasteiger partial charge in [0.05, 0.1) is 11.6 Å². The lowest BCUT2D eigenvalue weighted by Gasteiger charge is -1.93. The zero-order valence-electron chi connectivity index (χ0n) is 7.99. The van der Waals surface area contributed by atoms with E-state index in [9.17, 15) is 0 Å². The van der Waals surface area contributed by atoms with Crippen LogP contribution < -0.4 is 0 Å². The van der Waals surface area contributed by atoms with Crippen molar-refractivity contribution in [2.75, 3.05) is 0 Å². The Morgan fingerprint density at radius 1 is 1.43 bits per heavy atom. The monoisotopic (exact) mass is 182 g/mol. The summed E-state index contributed by atoms with van der Waals surface area (Å²) in [6.07, 6.45) is 1.94. The molecule has 0 bridgehead atoms. The van der Waals surface area contributed by atoms with Gasteiger partial charge in [0.2, 0.25) is 0 Å². The fraction of sp³-hybridized carbons (Fsp3) is 0.0833. The van der Waals surface area contributed by atoms with Crippen molar-refractivity contribution in [1.29, 1.82) is 5.26 Å². The molecular weight excluding hydrogens is 172 g/mol. The largest absolute Gasteiger partial charge is 0.350 e. The molecule has 0 N–H and O–H groups in total. The maximum atomic E-state index is 8.80. The lowest BCUT2D eigenvalue weighted by Crippen LogP contribution is -1.81. The highest BCUT2D eigenvalue weighted by Gasteiger charge is 2.07. The molecular formula is C12H10N2. The van der Waals surface area contributed by atoms with Crippen molar-refractivity contribution in [3.8, 4) is 6.07 Å². The summed E-state index contributed by atoms with van der Waals surface area (Å²) in [5, 5.41) is 9.88. The molecule has 0 unspecified atom stereocenters. The molecule has 0 aliphatic heterocycles. The predicted molar refractivity (Wildman–Crippen MR) is 57.6 cm³/mol. The van der Waals surface area contributed by atoms with Gasteiger partial charge in [-0.2, -0.15) is 5.26 Å². The second-order valence-corrected chi connectivity index (χ2v) is 3.26. The van der Waals surface area contributed by atoms with Gasteiger partial charge in [-0.25, -0.2) is 0 Å². The number of aryl methyl sites for hydroxylation is 1. The van der Waals surface area contributed by atoms with Crippen molar-refractivity contribution in [2.45, 2.75) is 0 Å². The van der Waals surface area contributed by atoms with Gasteiger partial charge in [-0.15, -0.1) is 0 Å². The Morgan fingerprint density at radius 3 is 2.86 bits per heavy atom. The highest BCUT2D eigenvalue weighted by atomic mass is 14.9. The molecule has 0 amide bonds. The van der Waals surface area contributed by atoms with Crippen molar-refractivity contribution in [3.05, 3.63) is 42.6 Å². The van der Waals surface area contributed by atoms with Gasteiger partial charge in [-0.1, -0.05) is 24.8 Å². The summed E-state index contributed by atoms with van der Waals surface area (Å²) in [5.74, 6) is 0. The van der Waals surface area contributed by atoms with E-state index in [2.05, 4.69) is 12.6 Å². The molecule has 1 aromatic carbocycles. The van der Waals surface area contributed by atoms with Crippen LogP contribution in [-0.4, -0.2) is 4.57 Å². The third-order valence-corrected chi connectivity index (χ3v) is 2.36. The lowest BCUT2D eigenvalue weighted by atomic mass is 10.1. The van der Waals surface area contributed by atoms with E-state index >= 15 is 0 Å². The Bertz CT molecular complexity index is 541. The summed E-state index contributed by atoms with van der Waals surface area (Å²) in [4.78, 5) is 0. The van der Waals surface area contributed by atoms with E-state index in [1.54, 1.807) is 0 Å². The molecule has 0 saturated carbocycles. The molecule has 0 fully saturated rings. The lowest BCUT2D eigenvalue weighted by molar-refractivity contribution is 0.967. The number of hydrogen-bond acceptors (Lipinski definition) is 1. The number of fused-ring (bicyclic) bond motifs is 1. The second kappa shape index (κ2) is 3.04. The first kappa shape index (κ1) is 8.58. The number of nitriles is 1. The standard InChI is InChI=1S/C12H10N2/c1-9(7-13)11-8-14(2)12-6-4-3-5-10(11)12/h3-6,8H,1H2,2H3. The fourth-order valence-electron chi connectivity index (χ4n) is 1.64. The first-order valence-corrected chi connectivity index (χ1v) is 4.37. The van der Waals surface area contributed by atoms with Crippen LogP contribution in [0, 0.1) is 11.3 Å². The van der Waals surface area contributed by atoms with Crippen molar-refractivity contribution in [3.63, 3.8) is 0 Å². The van der Waals surface area contributed by atoms with Crippen LogP contribution in [0.5, 0.6) is 0 Å². The van der Waals surface area contributed by atoms with E-state index in [-0.39, 0.29) is 0 Å².